The van der Waals surface area contributed by atoms with E-state index in [0.717, 1.165) is 22.8 Å². The van der Waals surface area contributed by atoms with E-state index in [1.807, 2.05) is 24.3 Å². The lowest BCUT2D eigenvalue weighted by molar-refractivity contribution is -0.137. The van der Waals surface area contributed by atoms with Gasteiger partial charge in [0.15, 0.2) is 17.4 Å². The van der Waals surface area contributed by atoms with Crippen molar-refractivity contribution in [1.29, 1.82) is 0 Å². The molecule has 2 fully saturated rings. The number of aliphatic hydroxyl groups is 1. The summed E-state index contributed by atoms with van der Waals surface area (Å²) in [5.74, 6) is -5.38. The summed E-state index contributed by atoms with van der Waals surface area (Å²) in [7, 11) is 0. The third kappa shape index (κ3) is 5.80. The number of carbonyl (C=O) groups excluding carboxylic acids is 1. The lowest BCUT2D eigenvalue weighted by Crippen LogP contribution is -2.63. The van der Waals surface area contributed by atoms with Crippen molar-refractivity contribution in [3.8, 4) is 5.75 Å². The lowest BCUT2D eigenvalue weighted by atomic mass is 9.83. The number of β-amino-alcohol motifs (C(OH)–C–C–N with tert-alkyl or cyclic N) is 1. The molecular weight excluding hydrogens is 515 g/mol. The van der Waals surface area contributed by atoms with Gasteiger partial charge in [0.05, 0.1) is 30.4 Å². The Morgan fingerprint density at radius 3 is 2.49 bits per heavy atom. The van der Waals surface area contributed by atoms with Crippen molar-refractivity contribution >= 4 is 17.4 Å². The summed E-state index contributed by atoms with van der Waals surface area (Å²) in [4.78, 5) is 27.0. The second-order valence-electron chi connectivity index (χ2n) is 10.2. The van der Waals surface area contributed by atoms with E-state index in [1.54, 1.807) is 4.90 Å². The molecule has 0 aliphatic carbocycles. The van der Waals surface area contributed by atoms with Crippen molar-refractivity contribution in [2.24, 2.45) is 0 Å². The van der Waals surface area contributed by atoms with Crippen molar-refractivity contribution in [3.05, 3.63) is 70.5 Å². The van der Waals surface area contributed by atoms with Crippen LogP contribution in [0.3, 0.4) is 0 Å². The number of rotatable bonds is 8. The molecule has 1 unspecified atom stereocenters. The molecule has 0 aromatic heterocycles. The zero-order chi connectivity index (χ0) is 27.7. The highest BCUT2D eigenvalue weighted by atomic mass is 19.2. The Kier molecular flexibility index (Phi) is 7.92. The van der Waals surface area contributed by atoms with Gasteiger partial charge in [-0.3, -0.25) is 4.79 Å². The van der Waals surface area contributed by atoms with E-state index in [-0.39, 0.29) is 30.7 Å². The largest absolute Gasteiger partial charge is 0.488 e. The van der Waals surface area contributed by atoms with E-state index >= 15 is 0 Å². The second-order valence-corrected chi connectivity index (χ2v) is 10.2. The molecule has 2 saturated heterocycles. The van der Waals surface area contributed by atoms with Gasteiger partial charge in [0.2, 0.25) is 11.7 Å². The van der Waals surface area contributed by atoms with Gasteiger partial charge in [-0.25, -0.2) is 13.6 Å². The molecule has 4 N–H and O–H groups in total. The highest BCUT2D eigenvalue weighted by molar-refractivity contribution is 5.99. The summed E-state index contributed by atoms with van der Waals surface area (Å²) in [5.41, 5.74) is 2.68. The molecule has 2 aromatic carbocycles. The molecule has 3 aliphatic rings. The average Bonchev–Trinajstić information content (AvgIpc) is 3.35. The Morgan fingerprint density at radius 1 is 1.05 bits per heavy atom. The van der Waals surface area contributed by atoms with Crippen LogP contribution in [0.2, 0.25) is 0 Å². The predicted octanol–water partition coefficient (Wildman–Crippen LogP) is 2.25. The number of hydrogen-bond acceptors (Lipinski definition) is 6. The molecule has 3 heterocycles. The summed E-state index contributed by atoms with van der Waals surface area (Å²) in [6.07, 6.45) is 1.21. The van der Waals surface area contributed by atoms with Crippen LogP contribution in [0.5, 0.6) is 5.75 Å². The molecule has 2 bridgehead atoms. The van der Waals surface area contributed by atoms with Gasteiger partial charge < -0.3 is 30.5 Å². The maximum absolute atomic E-state index is 13.7. The molecule has 8 nitrogen and oxygen atoms in total. The number of aliphatic hydroxyl groups excluding tert-OH is 1. The number of nitrogens with zero attached hydrogens (tertiary/aromatic N) is 1. The van der Waals surface area contributed by atoms with Crippen LogP contribution in [0.4, 0.5) is 13.2 Å². The minimum atomic E-state index is -1.35. The van der Waals surface area contributed by atoms with Crippen molar-refractivity contribution in [3.63, 3.8) is 0 Å². The Balaban J connectivity index is 1.23. The number of carboxylic acid groups (broad SMARTS) is 1. The minimum Gasteiger partial charge on any atom is -0.488 e. The molecule has 0 spiro atoms. The average molecular weight is 546 g/mol. The number of carbonyl (C=O) groups is 2. The first-order valence-corrected chi connectivity index (χ1v) is 13.0. The molecule has 0 saturated carbocycles. The topological polar surface area (TPSA) is 111 Å². The monoisotopic (exact) mass is 545 g/mol. The number of halogens is 3. The number of aryl methyl sites for hydroxylation is 1. The SMILES string of the molecule is O=C(O)C1=C(c2ccc(CCCOc3c(F)ccc(F)c3F)cc2)C[C@H]2CN(C(=O)C3C[C@@H](O)CN3)C[C@@H]1N2. The van der Waals surface area contributed by atoms with Gasteiger partial charge in [-0.05, 0) is 54.5 Å². The second kappa shape index (κ2) is 11.4. The molecule has 1 amide bonds. The Labute approximate surface area is 223 Å². The van der Waals surface area contributed by atoms with Gasteiger partial charge in [-0.1, -0.05) is 24.3 Å². The molecule has 0 radical (unpaired) electrons. The van der Waals surface area contributed by atoms with E-state index in [4.69, 9.17) is 4.74 Å². The van der Waals surface area contributed by atoms with Crippen LogP contribution in [0, 0.1) is 17.5 Å². The number of benzene rings is 2. The van der Waals surface area contributed by atoms with Gasteiger partial charge in [-0.15, -0.1) is 0 Å². The van der Waals surface area contributed by atoms with E-state index in [2.05, 4.69) is 10.6 Å². The van der Waals surface area contributed by atoms with Gasteiger partial charge >= 0.3 is 5.97 Å². The summed E-state index contributed by atoms with van der Waals surface area (Å²) in [6, 6.07) is 7.90. The van der Waals surface area contributed by atoms with E-state index in [9.17, 15) is 33.0 Å². The van der Waals surface area contributed by atoms with Crippen LogP contribution < -0.4 is 15.4 Å². The quantitative estimate of drug-likeness (QED) is 0.298. The zero-order valence-electron chi connectivity index (χ0n) is 21.1. The van der Waals surface area contributed by atoms with Crippen LogP contribution in [-0.2, 0) is 16.0 Å². The first-order chi connectivity index (χ1) is 18.7. The fourth-order valence-electron chi connectivity index (χ4n) is 5.64. The van der Waals surface area contributed by atoms with Crippen molar-refractivity contribution in [2.75, 3.05) is 26.2 Å². The number of amides is 1. The highest BCUT2D eigenvalue weighted by Gasteiger charge is 2.41. The number of aliphatic carboxylic acids is 1. The lowest BCUT2D eigenvalue weighted by Gasteiger charge is -2.44. The number of nitrogens with one attached hydrogen (secondary N) is 2. The maximum Gasteiger partial charge on any atom is 0.333 e. The van der Waals surface area contributed by atoms with Crippen LogP contribution in [0.25, 0.3) is 5.57 Å². The smallest absolute Gasteiger partial charge is 0.333 e. The molecule has 5 rings (SSSR count). The number of carboxylic acids is 1. The van der Waals surface area contributed by atoms with Crippen LogP contribution in [-0.4, -0.2) is 77.5 Å². The van der Waals surface area contributed by atoms with E-state index in [0.29, 0.717) is 44.8 Å². The van der Waals surface area contributed by atoms with Gasteiger partial charge in [-0.2, -0.15) is 4.39 Å². The van der Waals surface area contributed by atoms with E-state index < -0.39 is 47.4 Å². The molecule has 39 heavy (non-hydrogen) atoms. The van der Waals surface area contributed by atoms with Crippen molar-refractivity contribution in [2.45, 2.75) is 49.9 Å². The molecular formula is C28H30F3N3O5. The van der Waals surface area contributed by atoms with Crippen molar-refractivity contribution < 1.29 is 37.7 Å². The number of ether oxygens (including phenoxy) is 1. The number of hydrogen-bond donors (Lipinski definition) is 4. The third-order valence-corrected chi connectivity index (χ3v) is 7.51. The normalized spacial score (nSPS) is 24.7. The third-order valence-electron chi connectivity index (χ3n) is 7.51. The maximum atomic E-state index is 13.7. The van der Waals surface area contributed by atoms with Gasteiger partial charge in [0, 0.05) is 25.7 Å². The van der Waals surface area contributed by atoms with Crippen molar-refractivity contribution in [1.82, 2.24) is 15.5 Å². The molecule has 2 aromatic rings. The van der Waals surface area contributed by atoms with Gasteiger partial charge in [0.25, 0.3) is 0 Å². The highest BCUT2D eigenvalue weighted by Crippen LogP contribution is 2.34. The Bertz CT molecular complexity index is 1290. The fraction of sp³-hybridized carbons (Fsp3) is 0.429. The Hall–Kier alpha value is -3.41. The number of piperazine rings is 1. The molecule has 11 heteroatoms. The summed E-state index contributed by atoms with van der Waals surface area (Å²) < 4.78 is 45.9. The molecule has 208 valence electrons. The minimum absolute atomic E-state index is 0.00700. The van der Waals surface area contributed by atoms with Crippen LogP contribution >= 0.6 is 0 Å². The summed E-state index contributed by atoms with van der Waals surface area (Å²) >= 11 is 0. The Morgan fingerprint density at radius 2 is 1.79 bits per heavy atom. The van der Waals surface area contributed by atoms with Gasteiger partial charge in [0.1, 0.15) is 0 Å². The molecule has 4 atom stereocenters. The molecule has 3 aliphatic heterocycles. The summed E-state index contributed by atoms with van der Waals surface area (Å²) in [6.45, 7) is 1.05. The zero-order valence-corrected chi connectivity index (χ0v) is 21.1. The fourth-order valence-corrected chi connectivity index (χ4v) is 5.64. The van der Waals surface area contributed by atoms with E-state index in [1.165, 1.54) is 0 Å². The number of fused-ring (bicyclic) bond motifs is 2. The first-order valence-electron chi connectivity index (χ1n) is 13.0. The summed E-state index contributed by atoms with van der Waals surface area (Å²) in [5, 5.41) is 26.2. The van der Waals surface area contributed by atoms with Crippen LogP contribution in [0.1, 0.15) is 30.4 Å². The van der Waals surface area contributed by atoms with Crippen LogP contribution in [0.15, 0.2) is 42.0 Å². The predicted molar refractivity (Wildman–Crippen MR) is 135 cm³/mol. The first kappa shape index (κ1) is 27.2. The standard InChI is InChI=1S/C28H30F3N3O5/c29-20-7-8-21(30)26(25(20)31)39-9-1-2-15-3-5-16(6-4-15)19-10-17-13-34(14-23(33-17)24(19)28(37)38)27(36)22-11-18(35)12-32-22/h3-8,17-18,22-23,32-33,35H,1-2,9-14H2,(H,37,38)/t17-,18+,22?,23-/m0/s1.